The quantitative estimate of drug-likeness (QED) is 0.683. The van der Waals surface area contributed by atoms with E-state index in [0.717, 1.165) is 48.7 Å². The van der Waals surface area contributed by atoms with Crippen molar-refractivity contribution < 1.29 is 4.74 Å². The number of likely N-dealkylation sites (tertiary alicyclic amines) is 1. The van der Waals surface area contributed by atoms with Crippen molar-refractivity contribution in [2.24, 2.45) is 0 Å². The van der Waals surface area contributed by atoms with Gasteiger partial charge in [0.2, 0.25) is 0 Å². The van der Waals surface area contributed by atoms with Gasteiger partial charge in [-0.05, 0) is 25.0 Å². The molecule has 9 nitrogen and oxygen atoms in total. The topological polar surface area (TPSA) is 122 Å². The van der Waals surface area contributed by atoms with E-state index in [4.69, 9.17) is 15.6 Å². The number of imidazole rings is 1. The van der Waals surface area contributed by atoms with Gasteiger partial charge in [-0.2, -0.15) is 10.4 Å². The van der Waals surface area contributed by atoms with Crippen LogP contribution in [0.15, 0.2) is 30.7 Å². The summed E-state index contributed by atoms with van der Waals surface area (Å²) in [5.74, 6) is 1.23. The highest BCUT2D eigenvalue weighted by atomic mass is 16.5. The van der Waals surface area contributed by atoms with Gasteiger partial charge in [-0.1, -0.05) is 6.92 Å². The first-order valence-electron chi connectivity index (χ1n) is 10.2. The lowest BCUT2D eigenvalue weighted by Gasteiger charge is -2.35. The Hall–Kier alpha value is -3.22. The third-order valence-electron chi connectivity index (χ3n) is 6.19. The van der Waals surface area contributed by atoms with Crippen LogP contribution in [0.4, 0.5) is 5.82 Å². The second kappa shape index (κ2) is 7.23. The number of nitriles is 1. The number of hydrogen-bond acceptors (Lipinski definition) is 7. The SMILES string of the molecule is CCC(c1ncc[nH]1)N1CCC2(C1)OCCn1nc(-c3cnc(N)c(C#N)c3)cc12. The molecule has 1 fully saturated rings. The predicted molar refractivity (Wildman–Crippen MR) is 110 cm³/mol. The summed E-state index contributed by atoms with van der Waals surface area (Å²) < 4.78 is 8.43. The van der Waals surface area contributed by atoms with Gasteiger partial charge in [-0.15, -0.1) is 0 Å². The maximum Gasteiger partial charge on any atom is 0.141 e. The molecule has 0 amide bonds. The number of anilines is 1. The average Bonchev–Trinajstić information content (AvgIpc) is 3.51. The van der Waals surface area contributed by atoms with Gasteiger partial charge in [0.15, 0.2) is 0 Å². The van der Waals surface area contributed by atoms with Crippen LogP contribution in [0.2, 0.25) is 0 Å². The van der Waals surface area contributed by atoms with Gasteiger partial charge >= 0.3 is 0 Å². The number of aromatic nitrogens is 5. The molecule has 9 heteroatoms. The Kier molecular flexibility index (Phi) is 4.53. The third kappa shape index (κ3) is 2.96. The molecule has 0 aliphatic carbocycles. The predicted octanol–water partition coefficient (Wildman–Crippen LogP) is 2.20. The number of H-pyrrole nitrogens is 1. The number of nitrogen functional groups attached to an aromatic ring is 1. The maximum atomic E-state index is 9.27. The first kappa shape index (κ1) is 18.8. The number of rotatable bonds is 4. The Morgan fingerprint density at radius 2 is 2.27 bits per heavy atom. The molecule has 1 spiro atoms. The van der Waals surface area contributed by atoms with Crippen LogP contribution in [0, 0.1) is 11.3 Å². The minimum absolute atomic E-state index is 0.236. The van der Waals surface area contributed by atoms with E-state index in [9.17, 15) is 5.26 Å². The second-order valence-corrected chi connectivity index (χ2v) is 7.87. The lowest BCUT2D eigenvalue weighted by Crippen LogP contribution is -2.41. The number of aromatic amines is 1. The zero-order chi connectivity index (χ0) is 20.7. The van der Waals surface area contributed by atoms with Crippen LogP contribution in [-0.4, -0.2) is 49.3 Å². The van der Waals surface area contributed by atoms with Crippen LogP contribution in [0.5, 0.6) is 0 Å². The zero-order valence-corrected chi connectivity index (χ0v) is 16.9. The fraction of sp³-hybridized carbons (Fsp3) is 0.429. The maximum absolute atomic E-state index is 9.27. The number of fused-ring (bicyclic) bond motifs is 2. The number of nitrogens with one attached hydrogen (secondary N) is 1. The number of pyridine rings is 1. The van der Waals surface area contributed by atoms with Crippen molar-refractivity contribution in [3.8, 4) is 17.3 Å². The van der Waals surface area contributed by atoms with Crippen molar-refractivity contribution in [2.45, 2.75) is 38.0 Å². The van der Waals surface area contributed by atoms with Gasteiger partial charge < -0.3 is 15.5 Å². The Balaban J connectivity index is 1.47. The minimum Gasteiger partial charge on any atom is -0.383 e. The van der Waals surface area contributed by atoms with Crippen molar-refractivity contribution in [1.82, 2.24) is 29.6 Å². The minimum atomic E-state index is -0.386. The molecular weight excluding hydrogens is 380 g/mol. The molecule has 2 aliphatic rings. The Labute approximate surface area is 174 Å². The van der Waals surface area contributed by atoms with Gasteiger partial charge in [0.1, 0.15) is 23.3 Å². The molecule has 0 radical (unpaired) electrons. The van der Waals surface area contributed by atoms with Gasteiger partial charge in [0, 0.05) is 37.2 Å². The zero-order valence-electron chi connectivity index (χ0n) is 16.9. The van der Waals surface area contributed by atoms with Crippen LogP contribution in [0.25, 0.3) is 11.3 Å². The average molecular weight is 404 g/mol. The van der Waals surface area contributed by atoms with E-state index in [0.29, 0.717) is 18.7 Å². The van der Waals surface area contributed by atoms with E-state index in [1.165, 1.54) is 0 Å². The lowest BCUT2D eigenvalue weighted by atomic mass is 9.96. The van der Waals surface area contributed by atoms with E-state index in [1.54, 1.807) is 18.5 Å². The molecule has 2 unspecified atom stereocenters. The normalized spacial score (nSPS) is 22.1. The summed E-state index contributed by atoms with van der Waals surface area (Å²) in [6.07, 6.45) is 7.22. The lowest BCUT2D eigenvalue weighted by molar-refractivity contribution is -0.0742. The summed E-state index contributed by atoms with van der Waals surface area (Å²) >= 11 is 0. The molecule has 3 N–H and O–H groups in total. The highest BCUT2D eigenvalue weighted by Gasteiger charge is 2.47. The Morgan fingerprint density at radius 3 is 3.03 bits per heavy atom. The number of nitrogens with zero attached hydrogens (tertiary/aromatic N) is 6. The molecule has 1 saturated heterocycles. The Bertz CT molecular complexity index is 1100. The van der Waals surface area contributed by atoms with Crippen LogP contribution >= 0.6 is 0 Å². The van der Waals surface area contributed by atoms with Gasteiger partial charge in [-0.25, -0.2) is 9.97 Å². The standard InChI is InChI=1S/C21H24N8O/c1-2-17(20-24-4-5-25-20)28-6-3-21(13-28)18-10-16(27-29(18)7-8-30-21)15-9-14(11-22)19(23)26-12-15/h4-5,9-10,12,17H,2-3,6-8,13H2,1H3,(H2,23,26)(H,24,25). The van der Waals surface area contributed by atoms with Crippen LogP contribution in [0.3, 0.4) is 0 Å². The molecular formula is C21H24N8O. The molecule has 5 heterocycles. The van der Waals surface area contributed by atoms with Crippen LogP contribution in [0.1, 0.15) is 42.9 Å². The number of ether oxygens (including phenoxy) is 1. The molecule has 0 saturated carbocycles. The van der Waals surface area contributed by atoms with Gasteiger partial charge in [-0.3, -0.25) is 9.58 Å². The molecule has 2 aliphatic heterocycles. The number of hydrogen-bond donors (Lipinski definition) is 2. The first-order chi connectivity index (χ1) is 14.6. The summed E-state index contributed by atoms with van der Waals surface area (Å²) in [6.45, 7) is 5.24. The summed E-state index contributed by atoms with van der Waals surface area (Å²) in [6, 6.07) is 6.15. The fourth-order valence-corrected chi connectivity index (χ4v) is 4.69. The highest BCUT2D eigenvalue weighted by molar-refractivity contribution is 5.64. The van der Waals surface area contributed by atoms with E-state index in [1.807, 2.05) is 10.9 Å². The molecule has 0 aromatic carbocycles. The first-order valence-corrected chi connectivity index (χ1v) is 10.2. The van der Waals surface area contributed by atoms with E-state index < -0.39 is 0 Å². The molecule has 0 bridgehead atoms. The van der Waals surface area contributed by atoms with Gasteiger partial charge in [0.25, 0.3) is 0 Å². The molecule has 3 aromatic rings. The molecule has 154 valence electrons. The summed E-state index contributed by atoms with van der Waals surface area (Å²) in [5.41, 5.74) is 8.40. The largest absolute Gasteiger partial charge is 0.383 e. The molecule has 2 atom stereocenters. The van der Waals surface area contributed by atoms with Crippen molar-refractivity contribution in [2.75, 3.05) is 25.4 Å². The number of nitrogens with two attached hydrogens (primary N) is 1. The van der Waals surface area contributed by atoms with Crippen LogP contribution in [-0.2, 0) is 16.9 Å². The van der Waals surface area contributed by atoms with Crippen molar-refractivity contribution in [3.63, 3.8) is 0 Å². The van der Waals surface area contributed by atoms with Crippen LogP contribution < -0.4 is 5.73 Å². The molecule has 5 rings (SSSR count). The summed E-state index contributed by atoms with van der Waals surface area (Å²) in [4.78, 5) is 14.3. The summed E-state index contributed by atoms with van der Waals surface area (Å²) in [7, 11) is 0. The second-order valence-electron chi connectivity index (χ2n) is 7.87. The summed E-state index contributed by atoms with van der Waals surface area (Å²) in [5, 5.41) is 14.1. The van der Waals surface area contributed by atoms with Crippen molar-refractivity contribution in [3.05, 3.63) is 47.8 Å². The van der Waals surface area contributed by atoms with E-state index >= 15 is 0 Å². The van der Waals surface area contributed by atoms with Gasteiger partial charge in [0.05, 0.1) is 36.1 Å². The molecule has 3 aromatic heterocycles. The van der Waals surface area contributed by atoms with E-state index in [2.05, 4.69) is 38.9 Å². The Morgan fingerprint density at radius 1 is 1.37 bits per heavy atom. The van der Waals surface area contributed by atoms with E-state index in [-0.39, 0.29) is 17.5 Å². The molecule has 30 heavy (non-hydrogen) atoms. The highest BCUT2D eigenvalue weighted by Crippen LogP contribution is 2.42. The third-order valence-corrected chi connectivity index (χ3v) is 6.19. The monoisotopic (exact) mass is 404 g/mol. The fourth-order valence-electron chi connectivity index (χ4n) is 4.69. The smallest absolute Gasteiger partial charge is 0.141 e. The van der Waals surface area contributed by atoms with Crippen molar-refractivity contribution >= 4 is 5.82 Å². The van der Waals surface area contributed by atoms with Crippen molar-refractivity contribution in [1.29, 1.82) is 5.26 Å².